The lowest BCUT2D eigenvalue weighted by Gasteiger charge is -2.31. The van der Waals surface area contributed by atoms with Gasteiger partial charge < -0.3 is 10.2 Å². The molecule has 1 atom stereocenters. The smallest absolute Gasteiger partial charge is 0.243 e. The highest BCUT2D eigenvalue weighted by Crippen LogP contribution is 2.19. The number of thioether (sulfide) groups is 1. The van der Waals surface area contributed by atoms with Crippen molar-refractivity contribution in [2.75, 3.05) is 12.3 Å². The fourth-order valence-electron chi connectivity index (χ4n) is 3.66. The minimum atomic E-state index is -0.667. The predicted molar refractivity (Wildman–Crippen MR) is 137 cm³/mol. The van der Waals surface area contributed by atoms with Gasteiger partial charge in [-0.1, -0.05) is 72.3 Å². The number of amides is 2. The number of carbonyl (C=O) groups excluding carboxylic acids is 2. The highest BCUT2D eigenvalue weighted by atomic mass is 32.2. The average Bonchev–Trinajstić information content (AvgIpc) is 2.84. The van der Waals surface area contributed by atoms with Crippen molar-refractivity contribution >= 4 is 23.6 Å². The zero-order chi connectivity index (χ0) is 24.3. The minimum Gasteiger partial charge on any atom is -0.355 e. The third-order valence-electron chi connectivity index (χ3n) is 5.50. The van der Waals surface area contributed by atoms with Crippen LogP contribution < -0.4 is 5.32 Å². The molecule has 0 spiro atoms. The zero-order valence-electron chi connectivity index (χ0n) is 19.7. The lowest BCUT2D eigenvalue weighted by Crippen LogP contribution is -2.51. The fraction of sp³-hybridized carbons (Fsp3) is 0.286. The molecule has 0 unspecified atom stereocenters. The van der Waals surface area contributed by atoms with Crippen LogP contribution in [0.15, 0.2) is 78.9 Å². The molecule has 3 aromatic rings. The maximum absolute atomic E-state index is 13.5. The van der Waals surface area contributed by atoms with Crippen LogP contribution in [0, 0.1) is 12.7 Å². The number of halogens is 1. The molecular formula is C28H31FN2O2S. The summed E-state index contributed by atoms with van der Waals surface area (Å²) in [7, 11) is 0. The predicted octanol–water partition coefficient (Wildman–Crippen LogP) is 5.14. The van der Waals surface area contributed by atoms with E-state index < -0.39 is 6.04 Å². The Labute approximate surface area is 205 Å². The summed E-state index contributed by atoms with van der Waals surface area (Å²) in [6.07, 6.45) is 0.405. The normalized spacial score (nSPS) is 11.6. The van der Waals surface area contributed by atoms with Gasteiger partial charge >= 0.3 is 0 Å². The van der Waals surface area contributed by atoms with Crippen molar-refractivity contribution < 1.29 is 14.0 Å². The summed E-state index contributed by atoms with van der Waals surface area (Å²) >= 11 is 1.53. The van der Waals surface area contributed by atoms with Crippen LogP contribution in [0.1, 0.15) is 29.2 Å². The van der Waals surface area contributed by atoms with Gasteiger partial charge in [-0.15, -0.1) is 11.8 Å². The van der Waals surface area contributed by atoms with Gasteiger partial charge in [-0.25, -0.2) is 4.39 Å². The highest BCUT2D eigenvalue weighted by molar-refractivity contribution is 7.99. The van der Waals surface area contributed by atoms with E-state index in [1.165, 1.54) is 29.5 Å². The molecule has 4 nitrogen and oxygen atoms in total. The SMILES string of the molecule is CCNC(=O)[C@H](Cc1ccccc1)N(Cc1ccc(F)cc1)C(=O)CSCc1ccc(C)cc1. The van der Waals surface area contributed by atoms with Crippen LogP contribution in [0.3, 0.4) is 0 Å². The molecule has 34 heavy (non-hydrogen) atoms. The Morgan fingerprint density at radius 2 is 1.56 bits per heavy atom. The first-order chi connectivity index (χ1) is 16.5. The summed E-state index contributed by atoms with van der Waals surface area (Å²) in [5.41, 5.74) is 4.10. The van der Waals surface area contributed by atoms with Gasteiger partial charge in [-0.2, -0.15) is 0 Å². The van der Waals surface area contributed by atoms with Crippen molar-refractivity contribution in [3.63, 3.8) is 0 Å². The number of carbonyl (C=O) groups is 2. The van der Waals surface area contributed by atoms with E-state index in [9.17, 15) is 14.0 Å². The fourth-order valence-corrected chi connectivity index (χ4v) is 4.53. The Morgan fingerprint density at radius 3 is 2.21 bits per heavy atom. The van der Waals surface area contributed by atoms with Gasteiger partial charge in [0, 0.05) is 25.3 Å². The lowest BCUT2D eigenvalue weighted by molar-refractivity contribution is -0.139. The molecule has 0 bridgehead atoms. The van der Waals surface area contributed by atoms with Crippen molar-refractivity contribution in [1.29, 1.82) is 0 Å². The summed E-state index contributed by atoms with van der Waals surface area (Å²) in [4.78, 5) is 28.2. The lowest BCUT2D eigenvalue weighted by atomic mass is 10.0. The maximum atomic E-state index is 13.5. The van der Waals surface area contributed by atoms with Gasteiger partial charge in [-0.3, -0.25) is 9.59 Å². The maximum Gasteiger partial charge on any atom is 0.243 e. The molecule has 2 amide bonds. The molecule has 3 aromatic carbocycles. The molecule has 0 aliphatic rings. The molecule has 0 radical (unpaired) electrons. The van der Waals surface area contributed by atoms with Gasteiger partial charge in [0.1, 0.15) is 11.9 Å². The number of likely N-dealkylation sites (N-methyl/N-ethyl adjacent to an activating group) is 1. The number of hydrogen-bond donors (Lipinski definition) is 1. The monoisotopic (exact) mass is 478 g/mol. The highest BCUT2D eigenvalue weighted by Gasteiger charge is 2.30. The molecular weight excluding hydrogens is 447 g/mol. The Bertz CT molecular complexity index is 1060. The van der Waals surface area contributed by atoms with Gasteiger partial charge in [0.05, 0.1) is 5.75 Å². The van der Waals surface area contributed by atoms with Crippen LogP contribution in [0.25, 0.3) is 0 Å². The molecule has 0 fully saturated rings. The van der Waals surface area contributed by atoms with Crippen LogP contribution >= 0.6 is 11.8 Å². The number of hydrogen-bond acceptors (Lipinski definition) is 3. The Hall–Kier alpha value is -3.12. The van der Waals surface area contributed by atoms with E-state index in [-0.39, 0.29) is 29.9 Å². The van der Waals surface area contributed by atoms with E-state index in [4.69, 9.17) is 0 Å². The third kappa shape index (κ3) is 7.73. The average molecular weight is 479 g/mol. The minimum absolute atomic E-state index is 0.117. The van der Waals surface area contributed by atoms with Gasteiger partial charge in [0.25, 0.3) is 0 Å². The first kappa shape index (κ1) is 25.5. The zero-order valence-corrected chi connectivity index (χ0v) is 20.5. The molecule has 0 aromatic heterocycles. The Kier molecular flexibility index (Phi) is 9.71. The van der Waals surface area contributed by atoms with E-state index in [1.807, 2.05) is 44.2 Å². The Morgan fingerprint density at radius 1 is 0.912 bits per heavy atom. The summed E-state index contributed by atoms with van der Waals surface area (Å²) in [5, 5.41) is 2.88. The van der Waals surface area contributed by atoms with Crippen LogP contribution in [-0.4, -0.2) is 35.1 Å². The number of nitrogens with zero attached hydrogens (tertiary/aromatic N) is 1. The van der Waals surface area contributed by atoms with Gasteiger partial charge in [0.2, 0.25) is 11.8 Å². The van der Waals surface area contributed by atoms with Crippen molar-refractivity contribution in [3.05, 3.63) is 107 Å². The number of benzene rings is 3. The molecule has 178 valence electrons. The van der Waals surface area contributed by atoms with E-state index in [0.717, 1.165) is 16.7 Å². The number of nitrogens with one attached hydrogen (secondary N) is 1. The number of rotatable bonds is 11. The Balaban J connectivity index is 1.81. The van der Waals surface area contributed by atoms with Crippen molar-refractivity contribution in [2.24, 2.45) is 0 Å². The first-order valence-electron chi connectivity index (χ1n) is 11.4. The van der Waals surface area contributed by atoms with Crippen molar-refractivity contribution in [1.82, 2.24) is 10.2 Å². The molecule has 6 heteroatoms. The molecule has 1 N–H and O–H groups in total. The molecule has 0 saturated carbocycles. The van der Waals surface area contributed by atoms with Crippen LogP contribution in [0.4, 0.5) is 4.39 Å². The summed E-state index contributed by atoms with van der Waals surface area (Å²) in [6, 6.07) is 23.3. The quantitative estimate of drug-likeness (QED) is 0.415. The van der Waals surface area contributed by atoms with E-state index in [0.29, 0.717) is 18.7 Å². The standard InChI is InChI=1S/C28H31FN2O2S/c1-3-30-28(33)26(17-22-7-5-4-6-8-22)31(18-23-13-15-25(29)16-14-23)27(32)20-34-19-24-11-9-21(2)10-12-24/h4-16,26H,3,17-20H2,1-2H3,(H,30,33)/t26-/m0/s1. The van der Waals surface area contributed by atoms with Gasteiger partial charge in [-0.05, 0) is 42.7 Å². The summed E-state index contributed by atoms with van der Waals surface area (Å²) in [6.45, 7) is 4.62. The van der Waals surface area contributed by atoms with Crippen molar-refractivity contribution in [3.8, 4) is 0 Å². The van der Waals surface area contributed by atoms with Gasteiger partial charge in [0.15, 0.2) is 0 Å². The van der Waals surface area contributed by atoms with Crippen LogP contribution in [0.5, 0.6) is 0 Å². The molecule has 0 aliphatic carbocycles. The number of aryl methyl sites for hydroxylation is 1. The van der Waals surface area contributed by atoms with Crippen LogP contribution in [0.2, 0.25) is 0 Å². The van der Waals surface area contributed by atoms with E-state index in [2.05, 4.69) is 29.6 Å². The molecule has 3 rings (SSSR count). The third-order valence-corrected chi connectivity index (χ3v) is 6.49. The van der Waals surface area contributed by atoms with E-state index in [1.54, 1.807) is 17.0 Å². The van der Waals surface area contributed by atoms with Crippen molar-refractivity contribution in [2.45, 2.75) is 38.6 Å². The largest absolute Gasteiger partial charge is 0.355 e. The second-order valence-electron chi connectivity index (χ2n) is 8.23. The molecule has 0 aliphatic heterocycles. The molecule has 0 saturated heterocycles. The first-order valence-corrected chi connectivity index (χ1v) is 12.6. The second-order valence-corrected chi connectivity index (χ2v) is 9.21. The summed E-state index contributed by atoms with van der Waals surface area (Å²) in [5.74, 6) is 0.319. The summed E-state index contributed by atoms with van der Waals surface area (Å²) < 4.78 is 13.5. The second kappa shape index (κ2) is 12.9. The van der Waals surface area contributed by atoms with E-state index >= 15 is 0 Å². The molecule has 0 heterocycles. The van der Waals surface area contributed by atoms with Crippen LogP contribution in [-0.2, 0) is 28.3 Å². The topological polar surface area (TPSA) is 49.4 Å².